The van der Waals surface area contributed by atoms with E-state index in [0.717, 1.165) is 5.75 Å². The van der Waals surface area contributed by atoms with Crippen molar-refractivity contribution in [3.05, 3.63) is 0 Å². The molecule has 2 nitrogen and oxygen atoms in total. The predicted molar refractivity (Wildman–Crippen MR) is 46.8 cm³/mol. The van der Waals surface area contributed by atoms with Crippen LogP contribution in [0.5, 0.6) is 0 Å². The van der Waals surface area contributed by atoms with Gasteiger partial charge in [0.05, 0.1) is 5.54 Å². The van der Waals surface area contributed by atoms with Crippen molar-refractivity contribution in [2.45, 2.75) is 38.3 Å². The first-order valence-corrected chi connectivity index (χ1v) is 5.10. The van der Waals surface area contributed by atoms with Gasteiger partial charge in [-0.2, -0.15) is 0 Å². The van der Waals surface area contributed by atoms with Gasteiger partial charge in [-0.1, -0.05) is 11.8 Å². The van der Waals surface area contributed by atoms with Gasteiger partial charge in [-0.25, -0.2) is 0 Å². The van der Waals surface area contributed by atoms with E-state index in [1.807, 2.05) is 0 Å². The lowest BCUT2D eigenvalue weighted by Gasteiger charge is -2.27. The van der Waals surface area contributed by atoms with Crippen molar-refractivity contribution in [3.63, 3.8) is 0 Å². The minimum absolute atomic E-state index is 0.289. The van der Waals surface area contributed by atoms with Crippen LogP contribution in [0.15, 0.2) is 0 Å². The van der Waals surface area contributed by atoms with Crippen molar-refractivity contribution in [2.75, 3.05) is 5.75 Å². The number of rotatable bonds is 1. The lowest BCUT2D eigenvalue weighted by molar-refractivity contribution is 0.184. The highest BCUT2D eigenvalue weighted by Gasteiger charge is 2.55. The third-order valence-electron chi connectivity index (χ3n) is 2.52. The van der Waals surface area contributed by atoms with Crippen LogP contribution in [0, 0.1) is 0 Å². The Labute approximate surface area is 71.3 Å². The number of carbonyl (C=O) groups is 1. The van der Waals surface area contributed by atoms with E-state index in [0.29, 0.717) is 11.6 Å². The maximum absolute atomic E-state index is 11.4. The molecule has 2 fully saturated rings. The fourth-order valence-electron chi connectivity index (χ4n) is 1.82. The molecule has 2 rings (SSSR count). The molecule has 0 unspecified atom stereocenters. The molecule has 2 aliphatic rings. The lowest BCUT2D eigenvalue weighted by Crippen LogP contribution is -2.40. The molecule has 0 atom stereocenters. The summed E-state index contributed by atoms with van der Waals surface area (Å²) in [6.45, 7) is 4.20. The summed E-state index contributed by atoms with van der Waals surface area (Å²) in [4.78, 5) is 13.4. The van der Waals surface area contributed by atoms with Gasteiger partial charge in [0.25, 0.3) is 5.24 Å². The molecule has 0 aromatic rings. The van der Waals surface area contributed by atoms with Gasteiger partial charge in [-0.15, -0.1) is 0 Å². The fraction of sp³-hybridized carbons (Fsp3) is 0.875. The number of hydrogen-bond donors (Lipinski definition) is 0. The first-order chi connectivity index (χ1) is 5.16. The Morgan fingerprint density at radius 1 is 1.55 bits per heavy atom. The summed E-state index contributed by atoms with van der Waals surface area (Å²) < 4.78 is 0. The minimum Gasteiger partial charge on any atom is -0.325 e. The Kier molecular flexibility index (Phi) is 1.46. The van der Waals surface area contributed by atoms with Crippen molar-refractivity contribution in [2.24, 2.45) is 0 Å². The van der Waals surface area contributed by atoms with Crippen molar-refractivity contribution in [1.29, 1.82) is 0 Å². The van der Waals surface area contributed by atoms with Gasteiger partial charge in [-0.05, 0) is 26.7 Å². The topological polar surface area (TPSA) is 20.3 Å². The molecule has 11 heavy (non-hydrogen) atoms. The highest BCUT2D eigenvalue weighted by molar-refractivity contribution is 8.14. The van der Waals surface area contributed by atoms with E-state index in [1.54, 1.807) is 0 Å². The molecule has 1 saturated heterocycles. The average molecular weight is 171 g/mol. The molecular weight excluding hydrogens is 158 g/mol. The molecule has 1 heterocycles. The molecule has 1 spiro atoms. The zero-order chi connectivity index (χ0) is 8.06. The Morgan fingerprint density at radius 2 is 2.18 bits per heavy atom. The molecular formula is C8H13NOS. The van der Waals surface area contributed by atoms with Crippen LogP contribution in [0.2, 0.25) is 0 Å². The van der Waals surface area contributed by atoms with Gasteiger partial charge >= 0.3 is 0 Å². The zero-order valence-electron chi connectivity index (χ0n) is 6.96. The maximum Gasteiger partial charge on any atom is 0.282 e. The molecule has 1 amide bonds. The third kappa shape index (κ3) is 0.975. The van der Waals surface area contributed by atoms with Gasteiger partial charge in [0, 0.05) is 11.8 Å². The van der Waals surface area contributed by atoms with Gasteiger partial charge in [0.15, 0.2) is 0 Å². The SMILES string of the molecule is CC(C)N1C(=O)SCC12CC2. The number of amides is 1. The van der Waals surface area contributed by atoms with Crippen molar-refractivity contribution >= 4 is 17.0 Å². The Balaban J connectivity index is 2.20. The molecule has 1 aliphatic carbocycles. The first kappa shape index (κ1) is 7.47. The number of carbonyl (C=O) groups excluding carboxylic acids is 1. The van der Waals surface area contributed by atoms with Crippen LogP contribution in [-0.2, 0) is 0 Å². The van der Waals surface area contributed by atoms with Crippen molar-refractivity contribution in [3.8, 4) is 0 Å². The molecule has 62 valence electrons. The Bertz CT molecular complexity index is 198. The summed E-state index contributed by atoms with van der Waals surface area (Å²) in [5, 5.41) is 0.289. The summed E-state index contributed by atoms with van der Waals surface area (Å²) in [6.07, 6.45) is 2.45. The maximum atomic E-state index is 11.4. The van der Waals surface area contributed by atoms with E-state index in [-0.39, 0.29) is 5.24 Å². The molecule has 1 saturated carbocycles. The van der Waals surface area contributed by atoms with E-state index in [2.05, 4.69) is 18.7 Å². The van der Waals surface area contributed by atoms with Gasteiger partial charge in [-0.3, -0.25) is 4.79 Å². The second-order valence-corrected chi connectivity index (χ2v) is 4.67. The van der Waals surface area contributed by atoms with Gasteiger partial charge in [0.1, 0.15) is 0 Å². The summed E-state index contributed by atoms with van der Waals surface area (Å²) in [5.41, 5.74) is 0.302. The third-order valence-corrected chi connectivity index (χ3v) is 3.64. The van der Waals surface area contributed by atoms with E-state index in [4.69, 9.17) is 0 Å². The summed E-state index contributed by atoms with van der Waals surface area (Å²) in [7, 11) is 0. The van der Waals surface area contributed by atoms with E-state index in [9.17, 15) is 4.79 Å². The predicted octanol–water partition coefficient (Wildman–Crippen LogP) is 2.10. The Morgan fingerprint density at radius 3 is 2.55 bits per heavy atom. The second kappa shape index (κ2) is 2.16. The monoisotopic (exact) mass is 171 g/mol. The van der Waals surface area contributed by atoms with Gasteiger partial charge in [0.2, 0.25) is 0 Å². The molecule has 0 bridgehead atoms. The fourth-order valence-corrected chi connectivity index (χ4v) is 3.18. The summed E-state index contributed by atoms with van der Waals surface area (Å²) in [5.74, 6) is 1.03. The Hall–Kier alpha value is -0.180. The van der Waals surface area contributed by atoms with Crippen LogP contribution in [0.3, 0.4) is 0 Å². The van der Waals surface area contributed by atoms with Crippen LogP contribution < -0.4 is 0 Å². The van der Waals surface area contributed by atoms with Crippen LogP contribution in [-0.4, -0.2) is 27.5 Å². The van der Waals surface area contributed by atoms with E-state index < -0.39 is 0 Å². The van der Waals surface area contributed by atoms with Crippen LogP contribution in [0.25, 0.3) is 0 Å². The average Bonchev–Trinajstić information content (AvgIpc) is 2.56. The number of thioether (sulfide) groups is 1. The van der Waals surface area contributed by atoms with Crippen LogP contribution in [0.4, 0.5) is 4.79 Å². The molecule has 1 aliphatic heterocycles. The van der Waals surface area contributed by atoms with E-state index >= 15 is 0 Å². The molecule has 0 radical (unpaired) electrons. The van der Waals surface area contributed by atoms with Crippen molar-refractivity contribution in [1.82, 2.24) is 4.90 Å². The molecule has 0 aromatic carbocycles. The second-order valence-electron chi connectivity index (χ2n) is 3.74. The van der Waals surface area contributed by atoms with Crippen molar-refractivity contribution < 1.29 is 4.79 Å². The van der Waals surface area contributed by atoms with Crippen LogP contribution >= 0.6 is 11.8 Å². The lowest BCUT2D eigenvalue weighted by atomic mass is 10.2. The highest BCUT2D eigenvalue weighted by atomic mass is 32.2. The first-order valence-electron chi connectivity index (χ1n) is 4.12. The quantitative estimate of drug-likeness (QED) is 0.602. The normalized spacial score (nSPS) is 27.2. The summed E-state index contributed by atoms with van der Waals surface area (Å²) >= 11 is 1.49. The number of hydrogen-bond acceptors (Lipinski definition) is 2. The standard InChI is InChI=1S/C8H13NOS/c1-6(2)9-7(10)11-5-8(9)3-4-8/h6H,3-5H2,1-2H3. The summed E-state index contributed by atoms with van der Waals surface area (Å²) in [6, 6.07) is 0.389. The molecule has 3 heteroatoms. The zero-order valence-corrected chi connectivity index (χ0v) is 7.78. The van der Waals surface area contributed by atoms with Crippen LogP contribution in [0.1, 0.15) is 26.7 Å². The van der Waals surface area contributed by atoms with Gasteiger partial charge < -0.3 is 4.90 Å². The number of nitrogens with zero attached hydrogens (tertiary/aromatic N) is 1. The molecule has 0 aromatic heterocycles. The minimum atomic E-state index is 0.289. The highest BCUT2D eigenvalue weighted by Crippen LogP contribution is 2.51. The largest absolute Gasteiger partial charge is 0.325 e. The van der Waals surface area contributed by atoms with E-state index in [1.165, 1.54) is 24.6 Å². The smallest absolute Gasteiger partial charge is 0.282 e. The molecule has 0 N–H and O–H groups in total.